The normalized spacial score (nSPS) is 12.8. The van der Waals surface area contributed by atoms with Gasteiger partial charge in [0.05, 0.1) is 28.3 Å². The van der Waals surface area contributed by atoms with Gasteiger partial charge in [-0.15, -0.1) is 0 Å². The fourth-order valence-electron chi connectivity index (χ4n) is 4.28. The first-order valence-electron chi connectivity index (χ1n) is 13.5. The van der Waals surface area contributed by atoms with Crippen molar-refractivity contribution in [3.05, 3.63) is 88.4 Å². The molecule has 1 unspecified atom stereocenters. The first kappa shape index (κ1) is 34.7. The minimum Gasteiger partial charge on any atom is -0.497 e. The molecular formula is C31H35ClF3N3O5S. The van der Waals surface area contributed by atoms with Crippen molar-refractivity contribution in [2.75, 3.05) is 18.0 Å². The van der Waals surface area contributed by atoms with Crippen molar-refractivity contribution in [2.24, 2.45) is 0 Å². The molecule has 1 N–H and O–H groups in total. The molecule has 44 heavy (non-hydrogen) atoms. The molecular weight excluding hydrogens is 619 g/mol. The van der Waals surface area contributed by atoms with Gasteiger partial charge in [-0.2, -0.15) is 13.2 Å². The number of methoxy groups -OCH3 is 1. The topological polar surface area (TPSA) is 96.0 Å². The fourth-order valence-corrected chi connectivity index (χ4v) is 5.91. The third-order valence-corrected chi connectivity index (χ3v) is 8.70. The molecule has 1 atom stereocenters. The summed E-state index contributed by atoms with van der Waals surface area (Å²) in [5, 5.41) is 2.18. The highest BCUT2D eigenvalue weighted by Gasteiger charge is 2.37. The molecule has 0 heterocycles. The van der Waals surface area contributed by atoms with Crippen molar-refractivity contribution >= 4 is 39.1 Å². The lowest BCUT2D eigenvalue weighted by Gasteiger charge is -2.33. The molecule has 0 aliphatic heterocycles. The molecule has 238 valence electrons. The predicted octanol–water partition coefficient (Wildman–Crippen LogP) is 6.20. The van der Waals surface area contributed by atoms with Crippen LogP contribution in [0.5, 0.6) is 5.75 Å². The number of halogens is 4. The van der Waals surface area contributed by atoms with Gasteiger partial charge in [0.15, 0.2) is 0 Å². The summed E-state index contributed by atoms with van der Waals surface area (Å²) in [6, 6.07) is 13.9. The van der Waals surface area contributed by atoms with Gasteiger partial charge in [0.2, 0.25) is 11.8 Å². The minimum absolute atomic E-state index is 0.123. The van der Waals surface area contributed by atoms with E-state index in [0.717, 1.165) is 17.7 Å². The maximum Gasteiger partial charge on any atom is 0.417 e. The summed E-state index contributed by atoms with van der Waals surface area (Å²) in [6.07, 6.45) is -4.89. The number of alkyl halides is 3. The second kappa shape index (κ2) is 13.5. The van der Waals surface area contributed by atoms with Crippen molar-refractivity contribution < 1.29 is 35.9 Å². The summed E-state index contributed by atoms with van der Waals surface area (Å²) in [5.74, 6) is -0.845. The van der Waals surface area contributed by atoms with Gasteiger partial charge in [0.25, 0.3) is 10.0 Å². The second-order valence-corrected chi connectivity index (χ2v) is 13.5. The summed E-state index contributed by atoms with van der Waals surface area (Å²) >= 11 is 5.82. The molecule has 13 heteroatoms. The van der Waals surface area contributed by atoms with Crippen LogP contribution in [0.4, 0.5) is 18.9 Å². The number of anilines is 1. The highest BCUT2D eigenvalue weighted by Crippen LogP contribution is 2.38. The van der Waals surface area contributed by atoms with E-state index < -0.39 is 62.4 Å². The summed E-state index contributed by atoms with van der Waals surface area (Å²) < 4.78 is 75.1. The zero-order chi connectivity index (χ0) is 33.0. The lowest BCUT2D eigenvalue weighted by atomic mass is 10.1. The Hall–Kier alpha value is -3.77. The molecule has 0 saturated heterocycles. The monoisotopic (exact) mass is 653 g/mol. The van der Waals surface area contributed by atoms with Crippen molar-refractivity contribution in [3.63, 3.8) is 0 Å². The van der Waals surface area contributed by atoms with Gasteiger partial charge in [-0.25, -0.2) is 8.42 Å². The van der Waals surface area contributed by atoms with E-state index in [-0.39, 0.29) is 11.4 Å². The van der Waals surface area contributed by atoms with Gasteiger partial charge in [-0.1, -0.05) is 41.4 Å². The Kier molecular flexibility index (Phi) is 10.6. The number of carbonyl (C=O) groups is 2. The zero-order valence-electron chi connectivity index (χ0n) is 25.2. The number of rotatable bonds is 10. The summed E-state index contributed by atoms with van der Waals surface area (Å²) in [5.41, 5.74) is -1.01. The van der Waals surface area contributed by atoms with Crippen LogP contribution in [-0.2, 0) is 32.3 Å². The Morgan fingerprint density at radius 1 is 1.00 bits per heavy atom. The number of amides is 2. The van der Waals surface area contributed by atoms with Crippen LogP contribution < -0.4 is 14.4 Å². The van der Waals surface area contributed by atoms with E-state index in [0.29, 0.717) is 21.7 Å². The second-order valence-electron chi connectivity index (χ2n) is 11.3. The van der Waals surface area contributed by atoms with Gasteiger partial charge in [0, 0.05) is 12.1 Å². The molecule has 0 radical (unpaired) electrons. The van der Waals surface area contributed by atoms with E-state index in [1.54, 1.807) is 52.0 Å². The fraction of sp³-hybridized carbons (Fsp3) is 0.355. The molecule has 0 fully saturated rings. The van der Waals surface area contributed by atoms with Gasteiger partial charge in [0.1, 0.15) is 18.3 Å². The molecule has 3 aromatic carbocycles. The van der Waals surface area contributed by atoms with Crippen LogP contribution in [0.15, 0.2) is 71.6 Å². The molecule has 0 aliphatic rings. The number of sulfonamides is 1. The van der Waals surface area contributed by atoms with Crippen LogP contribution >= 0.6 is 11.6 Å². The maximum absolute atomic E-state index is 14.0. The van der Waals surface area contributed by atoms with E-state index in [9.17, 15) is 31.2 Å². The highest BCUT2D eigenvalue weighted by atomic mass is 35.5. The molecule has 2 amide bonds. The van der Waals surface area contributed by atoms with E-state index in [1.807, 2.05) is 0 Å². The quantitative estimate of drug-likeness (QED) is 0.281. The molecule has 0 aromatic heterocycles. The Labute approximate surface area is 260 Å². The number of hydrogen-bond acceptors (Lipinski definition) is 5. The number of nitrogens with one attached hydrogen (secondary N) is 1. The van der Waals surface area contributed by atoms with Gasteiger partial charge in [-0.05, 0) is 82.6 Å². The average molecular weight is 654 g/mol. The summed E-state index contributed by atoms with van der Waals surface area (Å²) in [4.78, 5) is 28.2. The van der Waals surface area contributed by atoms with Crippen LogP contribution in [0, 0.1) is 6.92 Å². The lowest BCUT2D eigenvalue weighted by molar-refractivity contribution is -0.140. The third kappa shape index (κ3) is 8.66. The first-order chi connectivity index (χ1) is 20.3. The lowest BCUT2D eigenvalue weighted by Crippen LogP contribution is -2.54. The van der Waals surface area contributed by atoms with E-state index in [1.165, 1.54) is 43.2 Å². The highest BCUT2D eigenvalue weighted by molar-refractivity contribution is 7.92. The Morgan fingerprint density at radius 2 is 1.64 bits per heavy atom. The zero-order valence-corrected chi connectivity index (χ0v) is 26.8. The van der Waals surface area contributed by atoms with Gasteiger partial charge < -0.3 is 15.0 Å². The van der Waals surface area contributed by atoms with Gasteiger partial charge in [-0.3, -0.25) is 13.9 Å². The van der Waals surface area contributed by atoms with Crippen molar-refractivity contribution in [2.45, 2.75) is 63.8 Å². The smallest absolute Gasteiger partial charge is 0.417 e. The molecule has 0 bridgehead atoms. The van der Waals surface area contributed by atoms with Crippen LogP contribution in [-0.4, -0.2) is 50.4 Å². The van der Waals surface area contributed by atoms with Crippen molar-refractivity contribution in [1.29, 1.82) is 0 Å². The number of carbonyl (C=O) groups excluding carboxylic acids is 2. The van der Waals surface area contributed by atoms with Gasteiger partial charge >= 0.3 is 6.18 Å². The molecule has 0 saturated carbocycles. The Bertz CT molecular complexity index is 1610. The van der Waals surface area contributed by atoms with Crippen LogP contribution in [0.3, 0.4) is 0 Å². The Balaban J connectivity index is 2.14. The molecule has 8 nitrogen and oxygen atoms in total. The number of benzene rings is 3. The van der Waals surface area contributed by atoms with E-state index in [4.69, 9.17) is 16.3 Å². The Morgan fingerprint density at radius 3 is 2.20 bits per heavy atom. The average Bonchev–Trinajstić information content (AvgIpc) is 2.93. The standard InChI is InChI=1S/C31H35ClF3N3O5S/c1-20-10-13-25(14-11-20)44(41,42)38(23-12-15-27(32)26(17-23)31(33,34)35)19-28(39)37(21(2)29(40)36-30(3,4)5)18-22-8-7-9-24(16-22)43-6/h7-17,21H,18-19H2,1-6H3,(H,36,40). The molecule has 3 aromatic rings. The largest absolute Gasteiger partial charge is 0.497 e. The minimum atomic E-state index is -4.89. The van der Waals surface area contributed by atoms with E-state index >= 15 is 0 Å². The van der Waals surface area contributed by atoms with Crippen molar-refractivity contribution in [3.8, 4) is 5.75 Å². The predicted molar refractivity (Wildman–Crippen MR) is 163 cm³/mol. The number of ether oxygens (including phenoxy) is 1. The molecule has 0 aliphatic carbocycles. The SMILES string of the molecule is COc1cccc(CN(C(=O)CN(c2ccc(Cl)c(C(F)(F)F)c2)S(=O)(=O)c2ccc(C)cc2)C(C)C(=O)NC(C)(C)C)c1. The third-order valence-electron chi connectivity index (χ3n) is 6.58. The van der Waals surface area contributed by atoms with Crippen LogP contribution in [0.25, 0.3) is 0 Å². The van der Waals surface area contributed by atoms with Crippen LogP contribution in [0.1, 0.15) is 44.4 Å². The first-order valence-corrected chi connectivity index (χ1v) is 15.4. The summed E-state index contributed by atoms with van der Waals surface area (Å²) in [7, 11) is -3.11. The summed E-state index contributed by atoms with van der Waals surface area (Å²) in [6.45, 7) is 7.49. The molecule has 0 spiro atoms. The number of aryl methyl sites for hydroxylation is 1. The number of nitrogens with zero attached hydrogens (tertiary/aromatic N) is 2. The molecule has 3 rings (SSSR count). The van der Waals surface area contributed by atoms with Crippen molar-refractivity contribution in [1.82, 2.24) is 10.2 Å². The van der Waals surface area contributed by atoms with E-state index in [2.05, 4.69) is 5.32 Å². The maximum atomic E-state index is 14.0. The van der Waals surface area contributed by atoms with Crippen LogP contribution in [0.2, 0.25) is 5.02 Å². The number of hydrogen-bond donors (Lipinski definition) is 1.